The van der Waals surface area contributed by atoms with Gasteiger partial charge in [-0.05, 0) is 60.7 Å². The molecule has 5 nitrogen and oxygen atoms in total. The Bertz CT molecular complexity index is 1100. The van der Waals surface area contributed by atoms with E-state index in [-0.39, 0.29) is 17.3 Å². The van der Waals surface area contributed by atoms with Crippen LogP contribution < -0.4 is 5.32 Å². The molecule has 0 fully saturated rings. The highest BCUT2D eigenvalue weighted by atomic mass is 32.2. The number of pyridine rings is 1. The van der Waals surface area contributed by atoms with Gasteiger partial charge in [-0.1, -0.05) is 42.5 Å². The summed E-state index contributed by atoms with van der Waals surface area (Å²) in [6, 6.07) is 18.3. The number of rotatable bonds is 8. The number of benzene rings is 2. The number of amides is 1. The normalized spacial score (nSPS) is 12.3. The number of carbonyl (C=O) groups is 1. The summed E-state index contributed by atoms with van der Waals surface area (Å²) in [4.78, 5) is 16.7. The molecule has 6 heteroatoms. The summed E-state index contributed by atoms with van der Waals surface area (Å²) in [6.45, 7) is 3.82. The monoisotopic (exact) mass is 422 g/mol. The summed E-state index contributed by atoms with van der Waals surface area (Å²) in [6.07, 6.45) is 4.04. The van der Waals surface area contributed by atoms with Gasteiger partial charge in [0, 0.05) is 25.4 Å². The Morgan fingerprint density at radius 3 is 2.43 bits per heavy atom. The van der Waals surface area contributed by atoms with Gasteiger partial charge in [0.1, 0.15) is 5.25 Å². The number of aromatic nitrogens is 1. The quantitative estimate of drug-likeness (QED) is 0.596. The first kappa shape index (κ1) is 21.7. The first-order valence-corrected chi connectivity index (χ1v) is 11.4. The fourth-order valence-corrected chi connectivity index (χ4v) is 4.95. The standard InChI is InChI=1S/C24H26N2O3S/c1-18-10-12-22(15-19(18)2)30(28,29)23(21-9-6-14-25-16-21)17-26-24(27)13-11-20-7-4-3-5-8-20/h3-10,12,14-16,23H,11,13,17H2,1-2H3,(H,26,27)/t23-/m1/s1. The van der Waals surface area contributed by atoms with Crippen molar-refractivity contribution in [2.75, 3.05) is 6.54 Å². The largest absolute Gasteiger partial charge is 0.354 e. The average Bonchev–Trinajstić information content (AvgIpc) is 2.75. The fourth-order valence-electron chi connectivity index (χ4n) is 3.23. The van der Waals surface area contributed by atoms with Crippen molar-refractivity contribution >= 4 is 15.7 Å². The van der Waals surface area contributed by atoms with Crippen molar-refractivity contribution in [2.45, 2.75) is 36.8 Å². The van der Waals surface area contributed by atoms with Gasteiger partial charge in [0.05, 0.1) is 4.90 Å². The minimum atomic E-state index is -3.71. The molecule has 0 saturated heterocycles. The minimum absolute atomic E-state index is 0.00538. The molecule has 3 aromatic rings. The van der Waals surface area contributed by atoms with Gasteiger partial charge >= 0.3 is 0 Å². The maximum absolute atomic E-state index is 13.4. The first-order chi connectivity index (χ1) is 14.4. The van der Waals surface area contributed by atoms with Crippen LogP contribution in [-0.4, -0.2) is 25.9 Å². The van der Waals surface area contributed by atoms with Gasteiger partial charge in [-0.2, -0.15) is 0 Å². The molecular weight excluding hydrogens is 396 g/mol. The van der Waals surface area contributed by atoms with Gasteiger partial charge in [-0.3, -0.25) is 9.78 Å². The van der Waals surface area contributed by atoms with Gasteiger partial charge in [-0.25, -0.2) is 8.42 Å². The molecule has 156 valence electrons. The molecule has 0 aliphatic carbocycles. The molecule has 1 heterocycles. The summed E-state index contributed by atoms with van der Waals surface area (Å²) < 4.78 is 26.8. The Kier molecular flexibility index (Phi) is 7.00. The third kappa shape index (κ3) is 5.33. The van der Waals surface area contributed by atoms with E-state index in [4.69, 9.17) is 0 Å². The van der Waals surface area contributed by atoms with Gasteiger partial charge < -0.3 is 5.32 Å². The Morgan fingerprint density at radius 1 is 1.00 bits per heavy atom. The zero-order valence-electron chi connectivity index (χ0n) is 17.2. The Hall–Kier alpha value is -2.99. The molecule has 3 rings (SSSR count). The van der Waals surface area contributed by atoms with Crippen LogP contribution in [0.5, 0.6) is 0 Å². The summed E-state index contributed by atoms with van der Waals surface area (Å²) in [5.41, 5.74) is 3.56. The Morgan fingerprint density at radius 2 is 1.77 bits per heavy atom. The van der Waals surface area contributed by atoms with Crippen LogP contribution in [0.15, 0.2) is 78.0 Å². The predicted octanol–water partition coefficient (Wildman–Crippen LogP) is 3.96. The summed E-state index contributed by atoms with van der Waals surface area (Å²) in [5, 5.41) is 1.90. The average molecular weight is 423 g/mol. The Labute approximate surface area is 178 Å². The molecule has 30 heavy (non-hydrogen) atoms. The summed E-state index contributed by atoms with van der Waals surface area (Å²) >= 11 is 0. The second-order valence-corrected chi connectivity index (χ2v) is 9.49. The number of nitrogens with one attached hydrogen (secondary N) is 1. The number of sulfone groups is 1. The van der Waals surface area contributed by atoms with Crippen LogP contribution in [0.3, 0.4) is 0 Å². The number of hydrogen-bond acceptors (Lipinski definition) is 4. The predicted molar refractivity (Wildman–Crippen MR) is 118 cm³/mol. The van der Waals surface area contributed by atoms with Gasteiger partial charge in [0.2, 0.25) is 5.91 Å². The zero-order valence-corrected chi connectivity index (χ0v) is 18.0. The van der Waals surface area contributed by atoms with Gasteiger partial charge in [-0.15, -0.1) is 0 Å². The second-order valence-electron chi connectivity index (χ2n) is 7.36. The van der Waals surface area contributed by atoms with Crippen molar-refractivity contribution in [3.05, 3.63) is 95.3 Å². The molecule has 0 unspecified atom stereocenters. The lowest BCUT2D eigenvalue weighted by Gasteiger charge is -2.19. The number of nitrogens with zero attached hydrogens (tertiary/aromatic N) is 1. The van der Waals surface area contributed by atoms with E-state index in [1.54, 1.807) is 42.7 Å². The Balaban J connectivity index is 1.77. The van der Waals surface area contributed by atoms with Crippen LogP contribution >= 0.6 is 0 Å². The van der Waals surface area contributed by atoms with E-state index in [1.165, 1.54) is 0 Å². The van der Waals surface area contributed by atoms with E-state index in [9.17, 15) is 13.2 Å². The van der Waals surface area contributed by atoms with Crippen molar-refractivity contribution in [1.82, 2.24) is 10.3 Å². The summed E-state index contributed by atoms with van der Waals surface area (Å²) in [7, 11) is -3.71. The maximum Gasteiger partial charge on any atom is 0.220 e. The number of aryl methyl sites for hydroxylation is 3. The third-order valence-corrected chi connectivity index (χ3v) is 7.30. The van der Waals surface area contributed by atoms with Crippen LogP contribution in [0.4, 0.5) is 0 Å². The van der Waals surface area contributed by atoms with Gasteiger partial charge in [0.25, 0.3) is 0 Å². The topological polar surface area (TPSA) is 76.1 Å². The van der Waals surface area contributed by atoms with Crippen LogP contribution in [0.25, 0.3) is 0 Å². The molecule has 0 saturated carbocycles. The molecule has 1 atom stereocenters. The van der Waals surface area contributed by atoms with E-state index in [0.29, 0.717) is 18.4 Å². The van der Waals surface area contributed by atoms with Gasteiger partial charge in [0.15, 0.2) is 9.84 Å². The highest BCUT2D eigenvalue weighted by Crippen LogP contribution is 2.29. The van der Waals surface area contributed by atoms with Crippen LogP contribution in [0.1, 0.15) is 33.9 Å². The van der Waals surface area contributed by atoms with Crippen molar-refractivity contribution < 1.29 is 13.2 Å². The highest BCUT2D eigenvalue weighted by Gasteiger charge is 2.30. The fraction of sp³-hybridized carbons (Fsp3) is 0.250. The lowest BCUT2D eigenvalue weighted by atomic mass is 10.1. The van der Waals surface area contributed by atoms with Crippen LogP contribution in [0.2, 0.25) is 0 Å². The van der Waals surface area contributed by atoms with E-state index in [1.807, 2.05) is 44.2 Å². The first-order valence-electron chi connectivity index (χ1n) is 9.89. The number of carbonyl (C=O) groups excluding carboxylic acids is 1. The summed E-state index contributed by atoms with van der Waals surface area (Å²) in [5.74, 6) is -0.178. The number of hydrogen-bond donors (Lipinski definition) is 1. The molecule has 1 aromatic heterocycles. The molecule has 0 radical (unpaired) electrons. The van der Waals surface area contributed by atoms with Crippen LogP contribution in [0, 0.1) is 13.8 Å². The molecule has 1 N–H and O–H groups in total. The van der Waals surface area contributed by atoms with Crippen LogP contribution in [-0.2, 0) is 21.1 Å². The highest BCUT2D eigenvalue weighted by molar-refractivity contribution is 7.91. The molecule has 0 bridgehead atoms. The smallest absolute Gasteiger partial charge is 0.220 e. The molecular formula is C24H26N2O3S. The third-order valence-electron chi connectivity index (χ3n) is 5.21. The molecule has 0 spiro atoms. The molecule has 0 aliphatic rings. The molecule has 1 amide bonds. The van der Waals surface area contributed by atoms with E-state index in [2.05, 4.69) is 10.3 Å². The van der Waals surface area contributed by atoms with Crippen molar-refractivity contribution in [1.29, 1.82) is 0 Å². The van der Waals surface area contributed by atoms with E-state index in [0.717, 1.165) is 16.7 Å². The molecule has 0 aliphatic heterocycles. The van der Waals surface area contributed by atoms with Crippen molar-refractivity contribution in [3.8, 4) is 0 Å². The van der Waals surface area contributed by atoms with Crippen molar-refractivity contribution in [3.63, 3.8) is 0 Å². The van der Waals surface area contributed by atoms with E-state index >= 15 is 0 Å². The van der Waals surface area contributed by atoms with E-state index < -0.39 is 15.1 Å². The second kappa shape index (κ2) is 9.67. The lowest BCUT2D eigenvalue weighted by Crippen LogP contribution is -2.32. The zero-order chi connectivity index (χ0) is 21.6. The lowest BCUT2D eigenvalue weighted by molar-refractivity contribution is -0.121. The minimum Gasteiger partial charge on any atom is -0.354 e. The van der Waals surface area contributed by atoms with Crippen molar-refractivity contribution in [2.24, 2.45) is 0 Å². The SMILES string of the molecule is Cc1ccc(S(=O)(=O)[C@H](CNC(=O)CCc2ccccc2)c2cccnc2)cc1C. The maximum atomic E-state index is 13.4. The molecule has 2 aromatic carbocycles.